The number of anilines is 1. The number of rotatable bonds is 3. The Labute approximate surface area is 95.3 Å². The number of benzene rings is 1. The highest BCUT2D eigenvalue weighted by atomic mass is 16.3. The fourth-order valence-electron chi connectivity index (χ4n) is 2.13. The second-order valence-corrected chi connectivity index (χ2v) is 4.24. The predicted molar refractivity (Wildman–Crippen MR) is 64.0 cm³/mol. The fraction of sp³-hybridized carbons (Fsp3) is 0.500. The lowest BCUT2D eigenvalue weighted by Gasteiger charge is -2.27. The summed E-state index contributed by atoms with van der Waals surface area (Å²) >= 11 is 0. The number of fused-ring (bicyclic) bond motifs is 1. The summed E-state index contributed by atoms with van der Waals surface area (Å²) in [6.45, 7) is 0.951. The van der Waals surface area contributed by atoms with Crippen LogP contribution in [0.5, 0.6) is 11.5 Å². The molecule has 2 rings (SSSR count). The highest BCUT2D eigenvalue weighted by Crippen LogP contribution is 2.39. The van der Waals surface area contributed by atoms with E-state index in [0.29, 0.717) is 11.7 Å². The average molecular weight is 222 g/mol. The molecular weight excluding hydrogens is 204 g/mol. The van der Waals surface area contributed by atoms with E-state index in [-0.39, 0.29) is 11.5 Å². The molecule has 4 N–H and O–H groups in total. The zero-order valence-electron chi connectivity index (χ0n) is 9.45. The zero-order chi connectivity index (χ0) is 11.5. The Kier molecular flexibility index (Phi) is 3.19. The molecule has 0 aromatic heterocycles. The normalized spacial score (nSPS) is 18.9. The van der Waals surface area contributed by atoms with E-state index < -0.39 is 0 Å². The van der Waals surface area contributed by atoms with Crippen LogP contribution in [-0.2, 0) is 6.42 Å². The first-order valence-corrected chi connectivity index (χ1v) is 5.67. The van der Waals surface area contributed by atoms with E-state index in [1.807, 2.05) is 13.1 Å². The number of aromatic hydroxyl groups is 2. The summed E-state index contributed by atoms with van der Waals surface area (Å²) in [5.41, 5.74) is 1.78. The van der Waals surface area contributed by atoms with Crippen LogP contribution in [0.25, 0.3) is 0 Å². The van der Waals surface area contributed by atoms with Crippen molar-refractivity contribution in [3.63, 3.8) is 0 Å². The van der Waals surface area contributed by atoms with Gasteiger partial charge in [0.2, 0.25) is 0 Å². The third-order valence-electron chi connectivity index (χ3n) is 3.10. The van der Waals surface area contributed by atoms with Crippen LogP contribution in [0.2, 0.25) is 0 Å². The number of hydrogen-bond acceptors (Lipinski definition) is 4. The highest BCUT2D eigenvalue weighted by molar-refractivity contribution is 5.68. The first kappa shape index (κ1) is 11.1. The Bertz CT molecular complexity index is 380. The lowest BCUT2D eigenvalue weighted by molar-refractivity contribution is 0.402. The van der Waals surface area contributed by atoms with Crippen LogP contribution < -0.4 is 10.6 Å². The largest absolute Gasteiger partial charge is 0.504 e. The maximum atomic E-state index is 9.76. The van der Waals surface area contributed by atoms with Crippen molar-refractivity contribution >= 4 is 5.69 Å². The van der Waals surface area contributed by atoms with Gasteiger partial charge in [0.05, 0.1) is 5.69 Å². The van der Waals surface area contributed by atoms with Crippen molar-refractivity contribution in [2.45, 2.75) is 25.3 Å². The fourth-order valence-corrected chi connectivity index (χ4v) is 2.13. The van der Waals surface area contributed by atoms with Gasteiger partial charge in [-0.2, -0.15) is 0 Å². The first-order chi connectivity index (χ1) is 7.72. The maximum Gasteiger partial charge on any atom is 0.181 e. The molecule has 0 saturated carbocycles. The molecule has 0 spiro atoms. The molecule has 0 aliphatic carbocycles. The molecule has 0 amide bonds. The van der Waals surface area contributed by atoms with E-state index in [4.69, 9.17) is 0 Å². The predicted octanol–water partition coefficient (Wildman–Crippen LogP) is 1.43. The second-order valence-electron chi connectivity index (χ2n) is 4.24. The van der Waals surface area contributed by atoms with E-state index in [1.165, 1.54) is 0 Å². The number of phenolic OH excluding ortho intramolecular Hbond substituents is 2. The third kappa shape index (κ3) is 2.07. The Morgan fingerprint density at radius 1 is 1.44 bits per heavy atom. The molecule has 4 heteroatoms. The molecule has 16 heavy (non-hydrogen) atoms. The monoisotopic (exact) mass is 222 g/mol. The molecule has 0 fully saturated rings. The van der Waals surface area contributed by atoms with Gasteiger partial charge in [-0.25, -0.2) is 0 Å². The van der Waals surface area contributed by atoms with Crippen LogP contribution in [0.4, 0.5) is 5.69 Å². The molecule has 1 aromatic rings. The Morgan fingerprint density at radius 3 is 3.00 bits per heavy atom. The van der Waals surface area contributed by atoms with Crippen LogP contribution in [0.1, 0.15) is 18.4 Å². The van der Waals surface area contributed by atoms with E-state index in [1.54, 1.807) is 6.07 Å². The van der Waals surface area contributed by atoms with Crippen molar-refractivity contribution in [3.8, 4) is 11.5 Å². The zero-order valence-corrected chi connectivity index (χ0v) is 9.45. The molecule has 1 aromatic carbocycles. The van der Waals surface area contributed by atoms with Crippen LogP contribution in [-0.4, -0.2) is 29.8 Å². The summed E-state index contributed by atoms with van der Waals surface area (Å²) in [4.78, 5) is 0. The molecule has 0 saturated heterocycles. The second kappa shape index (κ2) is 4.61. The van der Waals surface area contributed by atoms with Crippen LogP contribution in [0.3, 0.4) is 0 Å². The lowest BCUT2D eigenvalue weighted by atomic mass is 9.95. The SMILES string of the molecule is CNCCC1CCc2ccc(O)c(O)c2N1. The van der Waals surface area contributed by atoms with Crippen molar-refractivity contribution in [3.05, 3.63) is 17.7 Å². The van der Waals surface area contributed by atoms with E-state index in [0.717, 1.165) is 31.4 Å². The number of hydrogen-bond donors (Lipinski definition) is 4. The highest BCUT2D eigenvalue weighted by Gasteiger charge is 2.21. The summed E-state index contributed by atoms with van der Waals surface area (Å²) in [6.07, 6.45) is 3.04. The third-order valence-corrected chi connectivity index (χ3v) is 3.10. The van der Waals surface area contributed by atoms with Crippen molar-refractivity contribution < 1.29 is 10.2 Å². The van der Waals surface area contributed by atoms with E-state index in [2.05, 4.69) is 10.6 Å². The first-order valence-electron chi connectivity index (χ1n) is 5.67. The topological polar surface area (TPSA) is 64.5 Å². The summed E-state index contributed by atoms with van der Waals surface area (Å²) in [5, 5.41) is 25.6. The van der Waals surface area contributed by atoms with Gasteiger partial charge in [-0.3, -0.25) is 0 Å². The Balaban J connectivity index is 2.15. The molecule has 88 valence electrons. The Morgan fingerprint density at radius 2 is 2.25 bits per heavy atom. The van der Waals surface area contributed by atoms with Gasteiger partial charge in [0, 0.05) is 6.04 Å². The lowest BCUT2D eigenvalue weighted by Crippen LogP contribution is -2.28. The molecule has 1 heterocycles. The van der Waals surface area contributed by atoms with Gasteiger partial charge in [0.15, 0.2) is 11.5 Å². The summed E-state index contributed by atoms with van der Waals surface area (Å²) in [7, 11) is 1.93. The van der Waals surface area contributed by atoms with Gasteiger partial charge in [0.25, 0.3) is 0 Å². The van der Waals surface area contributed by atoms with Gasteiger partial charge in [-0.05, 0) is 44.5 Å². The molecular formula is C12H18N2O2. The molecule has 1 aliphatic heterocycles. The number of nitrogens with one attached hydrogen (secondary N) is 2. The smallest absolute Gasteiger partial charge is 0.181 e. The minimum absolute atomic E-state index is 0.0216. The number of aryl methyl sites for hydroxylation is 1. The van der Waals surface area contributed by atoms with Gasteiger partial charge in [-0.15, -0.1) is 0 Å². The van der Waals surface area contributed by atoms with E-state index >= 15 is 0 Å². The van der Waals surface area contributed by atoms with Gasteiger partial charge < -0.3 is 20.8 Å². The van der Waals surface area contributed by atoms with Crippen molar-refractivity contribution in [2.24, 2.45) is 0 Å². The summed E-state index contributed by atoms with van der Waals surface area (Å²) in [5.74, 6) is -0.0767. The molecule has 1 atom stereocenters. The Hall–Kier alpha value is -1.42. The van der Waals surface area contributed by atoms with Gasteiger partial charge in [-0.1, -0.05) is 6.07 Å². The molecule has 4 nitrogen and oxygen atoms in total. The van der Waals surface area contributed by atoms with Crippen molar-refractivity contribution in [1.29, 1.82) is 0 Å². The minimum Gasteiger partial charge on any atom is -0.504 e. The summed E-state index contributed by atoms with van der Waals surface area (Å²) < 4.78 is 0. The van der Waals surface area contributed by atoms with Crippen molar-refractivity contribution in [1.82, 2.24) is 5.32 Å². The molecule has 0 bridgehead atoms. The standard InChI is InChI=1S/C12H18N2O2/c1-13-7-6-9-4-2-8-3-5-10(15)12(16)11(8)14-9/h3,5,9,13-16H,2,4,6-7H2,1H3. The van der Waals surface area contributed by atoms with E-state index in [9.17, 15) is 10.2 Å². The quantitative estimate of drug-likeness (QED) is 0.584. The van der Waals surface area contributed by atoms with Crippen molar-refractivity contribution in [2.75, 3.05) is 18.9 Å². The van der Waals surface area contributed by atoms with Gasteiger partial charge >= 0.3 is 0 Å². The molecule has 0 radical (unpaired) electrons. The summed E-state index contributed by atoms with van der Waals surface area (Å²) in [6, 6.07) is 3.78. The van der Waals surface area contributed by atoms with Crippen LogP contribution in [0, 0.1) is 0 Å². The molecule has 1 unspecified atom stereocenters. The van der Waals surface area contributed by atoms with Crippen LogP contribution in [0.15, 0.2) is 12.1 Å². The van der Waals surface area contributed by atoms with Gasteiger partial charge in [0.1, 0.15) is 0 Å². The maximum absolute atomic E-state index is 9.76. The average Bonchev–Trinajstić information content (AvgIpc) is 2.31. The minimum atomic E-state index is -0.0551. The van der Waals surface area contributed by atoms with Crippen LogP contribution >= 0.6 is 0 Å². The number of phenols is 2. The molecule has 1 aliphatic rings.